The van der Waals surface area contributed by atoms with Gasteiger partial charge in [-0.05, 0) is 0 Å². The van der Waals surface area contributed by atoms with Gasteiger partial charge in [0.05, 0.1) is 0 Å². The number of aryl methyl sites for hydroxylation is 2. The molecular weight excluding hydrogens is 391 g/mol. The Morgan fingerprint density at radius 2 is 1.33 bits per heavy atom. The van der Waals surface area contributed by atoms with E-state index in [4.69, 9.17) is 0 Å². The van der Waals surface area contributed by atoms with Gasteiger partial charge in [-0.3, -0.25) is 0 Å². The average Bonchev–Trinajstić information content (AvgIpc) is 2.82. The first kappa shape index (κ1) is 25.9. The van der Waals surface area contributed by atoms with E-state index in [2.05, 4.69) is 126 Å². The fourth-order valence-electron chi connectivity index (χ4n) is 4.82. The molecule has 0 saturated heterocycles. The Kier molecular flexibility index (Phi) is 9.49. The zero-order valence-electron chi connectivity index (χ0n) is 21.9. The Morgan fingerprint density at radius 1 is 0.758 bits per heavy atom. The van der Waals surface area contributed by atoms with Crippen LogP contribution in [-0.2, 0) is 0 Å². The van der Waals surface area contributed by atoms with Crippen molar-refractivity contribution in [3.8, 4) is 0 Å². The Hall–Kier alpha value is -1.74. The van der Waals surface area contributed by atoms with Gasteiger partial charge in [-0.1, -0.05) is 0 Å². The Labute approximate surface area is 212 Å². The molecule has 0 aromatic heterocycles. The van der Waals surface area contributed by atoms with Crippen LogP contribution < -0.4 is 4.24 Å². The second kappa shape index (κ2) is 12.1. The van der Waals surface area contributed by atoms with Crippen LogP contribution in [0.3, 0.4) is 0 Å². The van der Waals surface area contributed by atoms with Gasteiger partial charge in [-0.15, -0.1) is 0 Å². The van der Waals surface area contributed by atoms with Crippen molar-refractivity contribution in [2.24, 2.45) is 11.8 Å². The Morgan fingerprint density at radius 3 is 1.91 bits per heavy atom. The Bertz CT molecular complexity index is 1000. The molecule has 0 aliphatic rings. The summed E-state index contributed by atoms with van der Waals surface area (Å²) in [5.41, 5.74) is 8.45. The van der Waals surface area contributed by atoms with Crippen LogP contribution in [0.4, 0.5) is 0 Å². The van der Waals surface area contributed by atoms with Gasteiger partial charge in [0.2, 0.25) is 0 Å². The molecule has 0 saturated carbocycles. The third kappa shape index (κ3) is 6.65. The molecule has 0 aliphatic carbocycles. The van der Waals surface area contributed by atoms with Gasteiger partial charge in [-0.2, -0.15) is 0 Å². The van der Waals surface area contributed by atoms with Crippen molar-refractivity contribution in [3.05, 3.63) is 106 Å². The standard InChI is InChI=1S/C32H40.Li/c1-7-23(3)21-31(27-17-13-25(5)14-18-27)29-11-9-10-12-30(29)32(22-24(4)8-2)28-19-15-26(6)16-20-28;/h9-11,13-20,23-24,31H,7-8,21-22H2,1-6H3;. The fourth-order valence-corrected chi connectivity index (χ4v) is 4.82. The van der Waals surface area contributed by atoms with Crippen molar-refractivity contribution in [1.29, 1.82) is 0 Å². The molecular formula is C32H40Li. The molecule has 0 N–H and O–H groups in total. The van der Waals surface area contributed by atoms with Gasteiger partial charge in [-0.25, -0.2) is 0 Å². The summed E-state index contributed by atoms with van der Waals surface area (Å²) in [6, 6.07) is 25.4. The van der Waals surface area contributed by atoms with Crippen LogP contribution in [0.1, 0.15) is 92.7 Å². The monoisotopic (exact) mass is 431 g/mol. The van der Waals surface area contributed by atoms with E-state index in [1.54, 1.807) is 0 Å². The van der Waals surface area contributed by atoms with Crippen LogP contribution in [0.15, 0.2) is 66.7 Å². The Balaban J connectivity index is 2.19. The van der Waals surface area contributed by atoms with Crippen LogP contribution in [-0.4, -0.2) is 17.7 Å². The minimum absolute atomic E-state index is 0.410. The van der Waals surface area contributed by atoms with Crippen molar-refractivity contribution in [2.75, 3.05) is 0 Å². The normalized spacial score (nSPS) is 14.3. The first-order valence-corrected chi connectivity index (χ1v) is 12.9. The topological polar surface area (TPSA) is 0 Å². The summed E-state index contributed by atoms with van der Waals surface area (Å²) in [6.45, 7) is 13.8. The molecule has 3 unspecified atom stereocenters. The van der Waals surface area contributed by atoms with Crippen molar-refractivity contribution < 1.29 is 0 Å². The summed E-state index contributed by atoms with van der Waals surface area (Å²) in [4.78, 5) is 0. The molecule has 3 aromatic rings. The summed E-state index contributed by atoms with van der Waals surface area (Å²) in [5, 5.41) is 0. The maximum absolute atomic E-state index is 2.40. The molecule has 0 heterocycles. The first-order chi connectivity index (χ1) is 15.8. The van der Waals surface area contributed by atoms with Crippen LogP contribution in [0.2, 0.25) is 0 Å². The minimum atomic E-state index is 0.410. The molecule has 0 spiro atoms. The number of rotatable bonds is 10. The quantitative estimate of drug-likeness (QED) is 0.285. The van der Waals surface area contributed by atoms with E-state index in [-0.39, 0.29) is 0 Å². The molecule has 33 heavy (non-hydrogen) atoms. The molecule has 0 aliphatic heterocycles. The predicted octanol–water partition coefficient (Wildman–Crippen LogP) is 8.07. The summed E-state index contributed by atoms with van der Waals surface area (Å²) in [5.74, 6) is 3.26. The second-order valence-electron chi connectivity index (χ2n) is 10.3. The molecule has 0 fully saturated rings. The van der Waals surface area contributed by atoms with E-state index in [1.807, 2.05) is 0 Å². The van der Waals surface area contributed by atoms with Crippen molar-refractivity contribution in [3.63, 3.8) is 0 Å². The van der Waals surface area contributed by atoms with Gasteiger partial charge in [0.15, 0.2) is 0 Å². The van der Waals surface area contributed by atoms with E-state index >= 15 is 0 Å². The molecule has 1 radical (unpaired) electrons. The number of hydrogen-bond donors (Lipinski definition) is 0. The van der Waals surface area contributed by atoms with Gasteiger partial charge in [0.1, 0.15) is 0 Å². The van der Waals surface area contributed by atoms with Crippen LogP contribution in [0.25, 0.3) is 0 Å². The maximum atomic E-state index is 2.40. The number of hydrogen-bond acceptors (Lipinski definition) is 0. The first-order valence-electron chi connectivity index (χ1n) is 12.9. The molecule has 169 valence electrons. The molecule has 1 heteroatoms. The number of benzene rings is 3. The summed E-state index contributed by atoms with van der Waals surface area (Å²) in [7, 11) is 0. The van der Waals surface area contributed by atoms with Gasteiger partial charge < -0.3 is 0 Å². The SMILES string of the molecule is [Li][c]1cccc(C(CC(C)CC)c2ccc(C)cc2)c1[C](CC(C)CC)c1ccc(C)cc1. The van der Waals surface area contributed by atoms with E-state index in [0.29, 0.717) is 17.8 Å². The molecule has 0 amide bonds. The van der Waals surface area contributed by atoms with Crippen molar-refractivity contribution in [2.45, 2.75) is 73.1 Å². The van der Waals surface area contributed by atoms with Crippen LogP contribution >= 0.6 is 0 Å². The van der Waals surface area contributed by atoms with Gasteiger partial charge in [0, 0.05) is 0 Å². The summed E-state index contributed by atoms with van der Waals surface area (Å²) < 4.78 is 1.40. The average molecular weight is 432 g/mol. The van der Waals surface area contributed by atoms with E-state index in [1.165, 1.54) is 62.8 Å². The molecule has 3 rings (SSSR count). The summed E-state index contributed by atoms with van der Waals surface area (Å²) >= 11 is 2.30. The van der Waals surface area contributed by atoms with Gasteiger partial charge in [0.25, 0.3) is 0 Å². The second-order valence-corrected chi connectivity index (χ2v) is 10.3. The van der Waals surface area contributed by atoms with Crippen molar-refractivity contribution in [1.82, 2.24) is 0 Å². The van der Waals surface area contributed by atoms with E-state index in [0.717, 1.165) is 6.42 Å². The summed E-state index contributed by atoms with van der Waals surface area (Å²) in [6.07, 6.45) is 4.71. The molecule has 0 bridgehead atoms. The van der Waals surface area contributed by atoms with Crippen LogP contribution in [0, 0.1) is 31.6 Å². The molecule has 0 nitrogen and oxygen atoms in total. The predicted molar refractivity (Wildman–Crippen MR) is 146 cm³/mol. The van der Waals surface area contributed by atoms with E-state index < -0.39 is 0 Å². The molecule has 3 atom stereocenters. The third-order valence-corrected chi connectivity index (χ3v) is 7.45. The van der Waals surface area contributed by atoms with E-state index in [9.17, 15) is 0 Å². The third-order valence-electron chi connectivity index (χ3n) is 7.45. The molecule has 3 aromatic carbocycles. The zero-order chi connectivity index (χ0) is 24.0. The van der Waals surface area contributed by atoms with Gasteiger partial charge >= 0.3 is 213 Å². The zero-order valence-corrected chi connectivity index (χ0v) is 21.9. The van der Waals surface area contributed by atoms with Crippen molar-refractivity contribution >= 4 is 22.0 Å². The fraction of sp³-hybridized carbons (Fsp3) is 0.406. The van der Waals surface area contributed by atoms with Crippen LogP contribution in [0.5, 0.6) is 0 Å².